The van der Waals surface area contributed by atoms with E-state index < -0.39 is 29.2 Å². The number of carboxylic acids is 1. The Labute approximate surface area is 234 Å². The molecule has 0 fully saturated rings. The standard InChI is InChI=1S/C31H27F3N2O5/c1-19-26(35-29(41-19)21-7-3-2-4-8-21)15-16-40-27-13-11-20(12-14-28(37)38)23-17-36(18-24(23)27)30(39)22-9-5-6-10-25(22)31(32,33)34/h2-11,13H,12,14-18H2,1H3,(H,37,38). The van der Waals surface area contributed by atoms with Crippen molar-refractivity contribution in [2.75, 3.05) is 6.61 Å². The van der Waals surface area contributed by atoms with Gasteiger partial charge in [-0.3, -0.25) is 9.59 Å². The van der Waals surface area contributed by atoms with Gasteiger partial charge in [0.25, 0.3) is 5.91 Å². The number of amides is 1. The van der Waals surface area contributed by atoms with Gasteiger partial charge < -0.3 is 19.2 Å². The van der Waals surface area contributed by atoms with Crippen LogP contribution in [0.25, 0.3) is 11.5 Å². The Kier molecular flexibility index (Phi) is 7.83. The summed E-state index contributed by atoms with van der Waals surface area (Å²) in [6.07, 6.45) is -4.13. The molecule has 7 nitrogen and oxygen atoms in total. The Balaban J connectivity index is 1.36. The van der Waals surface area contributed by atoms with Gasteiger partial charge in [-0.25, -0.2) is 4.98 Å². The van der Waals surface area contributed by atoms with E-state index in [-0.39, 0.29) is 32.5 Å². The molecule has 0 unspecified atom stereocenters. The number of hydrogen-bond acceptors (Lipinski definition) is 5. The van der Waals surface area contributed by atoms with Crippen molar-refractivity contribution < 1.29 is 37.0 Å². The summed E-state index contributed by atoms with van der Waals surface area (Å²) in [5, 5.41) is 9.19. The van der Waals surface area contributed by atoms with Gasteiger partial charge in [-0.15, -0.1) is 0 Å². The van der Waals surface area contributed by atoms with E-state index in [4.69, 9.17) is 9.15 Å². The van der Waals surface area contributed by atoms with E-state index in [1.807, 2.05) is 37.3 Å². The van der Waals surface area contributed by atoms with Crippen molar-refractivity contribution in [3.63, 3.8) is 0 Å². The topological polar surface area (TPSA) is 92.9 Å². The molecular weight excluding hydrogens is 537 g/mol. The number of aliphatic carboxylic acids is 1. The van der Waals surface area contributed by atoms with Crippen molar-refractivity contribution >= 4 is 11.9 Å². The Bertz CT molecular complexity index is 1580. The number of aromatic nitrogens is 1. The number of carbonyl (C=O) groups is 2. The first-order chi connectivity index (χ1) is 19.6. The molecule has 1 aliphatic rings. The minimum Gasteiger partial charge on any atom is -0.493 e. The Hall–Kier alpha value is -4.60. The van der Waals surface area contributed by atoms with Crippen molar-refractivity contribution in [1.29, 1.82) is 0 Å². The number of ether oxygens (including phenoxy) is 1. The number of carboxylic acid groups (broad SMARTS) is 1. The molecule has 3 aromatic carbocycles. The van der Waals surface area contributed by atoms with Crippen molar-refractivity contribution in [2.24, 2.45) is 0 Å². The number of hydrogen-bond donors (Lipinski definition) is 1. The van der Waals surface area contributed by atoms with E-state index in [9.17, 15) is 27.9 Å². The number of alkyl halides is 3. The van der Waals surface area contributed by atoms with Gasteiger partial charge in [0.2, 0.25) is 5.89 Å². The third-order valence-corrected chi connectivity index (χ3v) is 7.05. The van der Waals surface area contributed by atoms with Crippen LogP contribution in [-0.4, -0.2) is 33.5 Å². The van der Waals surface area contributed by atoms with Gasteiger partial charge in [-0.05, 0) is 54.8 Å². The average molecular weight is 565 g/mol. The van der Waals surface area contributed by atoms with Crippen LogP contribution in [-0.2, 0) is 36.9 Å². The molecule has 1 aliphatic heterocycles. The molecule has 4 aromatic rings. The van der Waals surface area contributed by atoms with E-state index in [1.165, 1.54) is 23.1 Å². The lowest BCUT2D eigenvalue weighted by molar-refractivity contribution is -0.138. The number of halogens is 3. The van der Waals surface area contributed by atoms with Gasteiger partial charge in [0.1, 0.15) is 11.5 Å². The first kappa shape index (κ1) is 27.9. The lowest BCUT2D eigenvalue weighted by atomic mass is 9.99. The maximum absolute atomic E-state index is 13.6. The van der Waals surface area contributed by atoms with E-state index >= 15 is 0 Å². The first-order valence-corrected chi connectivity index (χ1v) is 13.1. The summed E-state index contributed by atoms with van der Waals surface area (Å²) in [4.78, 5) is 30.4. The molecule has 0 aliphatic carbocycles. The predicted octanol–water partition coefficient (Wildman–Crippen LogP) is 6.46. The second-order valence-electron chi connectivity index (χ2n) is 9.76. The summed E-state index contributed by atoms with van der Waals surface area (Å²) in [6, 6.07) is 17.7. The fraction of sp³-hybridized carbons (Fsp3) is 0.258. The molecule has 41 heavy (non-hydrogen) atoms. The van der Waals surface area contributed by atoms with Crippen LogP contribution >= 0.6 is 0 Å². The highest BCUT2D eigenvalue weighted by Crippen LogP contribution is 2.37. The first-order valence-electron chi connectivity index (χ1n) is 13.1. The van der Waals surface area contributed by atoms with Gasteiger partial charge in [0.15, 0.2) is 0 Å². The third-order valence-electron chi connectivity index (χ3n) is 7.05. The molecule has 0 bridgehead atoms. The fourth-order valence-electron chi connectivity index (χ4n) is 4.99. The van der Waals surface area contributed by atoms with Crippen molar-refractivity contribution in [3.8, 4) is 17.2 Å². The van der Waals surface area contributed by atoms with Crippen molar-refractivity contribution in [1.82, 2.24) is 9.88 Å². The number of oxazole rings is 1. The van der Waals surface area contributed by atoms with Gasteiger partial charge in [-0.2, -0.15) is 13.2 Å². The lowest BCUT2D eigenvalue weighted by Crippen LogP contribution is -2.28. The summed E-state index contributed by atoms with van der Waals surface area (Å²) < 4.78 is 52.7. The molecule has 212 valence electrons. The van der Waals surface area contributed by atoms with Crippen LogP contribution in [0, 0.1) is 6.92 Å². The highest BCUT2D eigenvalue weighted by molar-refractivity contribution is 5.96. The van der Waals surface area contributed by atoms with Gasteiger partial charge in [0.05, 0.1) is 30.0 Å². The lowest BCUT2D eigenvalue weighted by Gasteiger charge is -2.19. The number of benzene rings is 3. The molecular formula is C31H27F3N2O5. The maximum Gasteiger partial charge on any atom is 0.417 e. The molecule has 5 rings (SSSR count). The van der Waals surface area contributed by atoms with Crippen LogP contribution in [0.5, 0.6) is 5.75 Å². The summed E-state index contributed by atoms with van der Waals surface area (Å²) in [6.45, 7) is 2.16. The molecule has 2 heterocycles. The Morgan fingerprint density at radius 2 is 1.68 bits per heavy atom. The predicted molar refractivity (Wildman–Crippen MR) is 143 cm³/mol. The molecule has 10 heteroatoms. The van der Waals surface area contributed by atoms with E-state index in [2.05, 4.69) is 4.98 Å². The van der Waals surface area contributed by atoms with Gasteiger partial charge >= 0.3 is 12.1 Å². The number of aryl methyl sites for hydroxylation is 2. The summed E-state index contributed by atoms with van der Waals surface area (Å²) in [5.41, 5.74) is 2.24. The SMILES string of the molecule is Cc1oc(-c2ccccc2)nc1CCOc1ccc(CCC(=O)O)c2c1CN(C(=O)c1ccccc1C(F)(F)F)C2. The number of nitrogens with zero attached hydrogens (tertiary/aromatic N) is 2. The summed E-state index contributed by atoms with van der Waals surface area (Å²) in [5.74, 6) is -0.0577. The Morgan fingerprint density at radius 3 is 2.41 bits per heavy atom. The van der Waals surface area contributed by atoms with Crippen LogP contribution in [0.1, 0.15) is 50.5 Å². The van der Waals surface area contributed by atoms with Crippen LogP contribution in [0.3, 0.4) is 0 Å². The molecule has 0 radical (unpaired) electrons. The van der Waals surface area contributed by atoms with Crippen LogP contribution in [0.15, 0.2) is 71.1 Å². The molecule has 0 saturated heterocycles. The number of rotatable bonds is 9. The minimum atomic E-state index is -4.68. The largest absolute Gasteiger partial charge is 0.493 e. The fourth-order valence-corrected chi connectivity index (χ4v) is 4.99. The Morgan fingerprint density at radius 1 is 0.976 bits per heavy atom. The number of carbonyl (C=O) groups excluding carboxylic acids is 1. The normalized spacial score (nSPS) is 12.8. The molecule has 0 saturated carbocycles. The molecule has 1 aromatic heterocycles. The quantitative estimate of drug-likeness (QED) is 0.251. The van der Waals surface area contributed by atoms with Crippen LogP contribution in [0.2, 0.25) is 0 Å². The van der Waals surface area contributed by atoms with E-state index in [0.717, 1.165) is 17.3 Å². The monoisotopic (exact) mass is 564 g/mol. The highest BCUT2D eigenvalue weighted by atomic mass is 19.4. The second-order valence-corrected chi connectivity index (χ2v) is 9.76. The minimum absolute atomic E-state index is 0.0394. The molecule has 0 spiro atoms. The zero-order chi connectivity index (χ0) is 29.1. The zero-order valence-electron chi connectivity index (χ0n) is 22.2. The van der Waals surface area contributed by atoms with Crippen LogP contribution in [0.4, 0.5) is 13.2 Å². The molecule has 0 atom stereocenters. The third kappa shape index (κ3) is 6.11. The van der Waals surface area contributed by atoms with Crippen molar-refractivity contribution in [3.05, 3.63) is 106 Å². The van der Waals surface area contributed by atoms with Gasteiger partial charge in [0, 0.05) is 30.5 Å². The summed E-state index contributed by atoms with van der Waals surface area (Å²) >= 11 is 0. The smallest absolute Gasteiger partial charge is 0.417 e. The molecule has 1 amide bonds. The maximum atomic E-state index is 13.6. The van der Waals surface area contributed by atoms with E-state index in [0.29, 0.717) is 40.5 Å². The van der Waals surface area contributed by atoms with Crippen molar-refractivity contribution in [2.45, 2.75) is 45.5 Å². The summed E-state index contributed by atoms with van der Waals surface area (Å²) in [7, 11) is 0. The van der Waals surface area contributed by atoms with E-state index in [1.54, 1.807) is 12.1 Å². The highest BCUT2D eigenvalue weighted by Gasteiger charge is 2.37. The average Bonchev–Trinajstić information content (AvgIpc) is 3.56. The second kappa shape index (κ2) is 11.5. The van der Waals surface area contributed by atoms with Gasteiger partial charge in [-0.1, -0.05) is 36.4 Å². The molecule has 1 N–H and O–H groups in total. The number of fused-ring (bicyclic) bond motifs is 1. The van der Waals surface area contributed by atoms with Crippen LogP contribution < -0.4 is 4.74 Å². The zero-order valence-corrected chi connectivity index (χ0v) is 22.2.